The number of anilines is 1. The van der Waals surface area contributed by atoms with Crippen molar-refractivity contribution in [1.29, 1.82) is 0 Å². The van der Waals surface area contributed by atoms with Gasteiger partial charge < -0.3 is 9.88 Å². The Hall–Kier alpha value is -3.11. The highest BCUT2D eigenvalue weighted by atomic mass is 35.5. The van der Waals surface area contributed by atoms with E-state index in [0.29, 0.717) is 16.3 Å². The molecule has 1 N–H and O–H groups in total. The molecule has 1 heterocycles. The maximum Gasteiger partial charge on any atom is 0.257 e. The smallest absolute Gasteiger partial charge is 0.257 e. The molecule has 5 heteroatoms. The number of imidazole rings is 1. The van der Waals surface area contributed by atoms with Crippen molar-refractivity contribution in [3.63, 3.8) is 0 Å². The first-order valence-electron chi connectivity index (χ1n) is 8.25. The van der Waals surface area contributed by atoms with Crippen molar-refractivity contribution in [1.82, 2.24) is 9.55 Å². The second-order valence-electron chi connectivity index (χ2n) is 6.00. The van der Waals surface area contributed by atoms with E-state index in [-0.39, 0.29) is 5.91 Å². The van der Waals surface area contributed by atoms with Crippen molar-refractivity contribution < 1.29 is 4.79 Å². The Bertz CT molecular complexity index is 1070. The first-order chi connectivity index (χ1) is 12.7. The zero-order valence-corrected chi connectivity index (χ0v) is 14.6. The maximum atomic E-state index is 12.4. The number of hydrogen-bond donors (Lipinski definition) is 1. The van der Waals surface area contributed by atoms with Crippen LogP contribution in [0.25, 0.3) is 11.0 Å². The van der Waals surface area contributed by atoms with Crippen LogP contribution < -0.4 is 5.32 Å². The molecular weight excluding hydrogens is 346 g/mol. The van der Waals surface area contributed by atoms with Crippen LogP contribution in [0.2, 0.25) is 5.02 Å². The summed E-state index contributed by atoms with van der Waals surface area (Å²) in [6, 6.07) is 22.9. The lowest BCUT2D eigenvalue weighted by Gasteiger charge is -2.08. The number of hydrogen-bond acceptors (Lipinski definition) is 2. The van der Waals surface area contributed by atoms with Gasteiger partial charge >= 0.3 is 0 Å². The van der Waals surface area contributed by atoms with Gasteiger partial charge in [-0.15, -0.1) is 0 Å². The maximum absolute atomic E-state index is 12.4. The SMILES string of the molecule is O=C(Nc1ccc2c(c1)ncn2Cc1ccccc1)c1ccccc1Cl. The molecule has 4 aromatic rings. The summed E-state index contributed by atoms with van der Waals surface area (Å²) in [5.41, 5.74) is 4.20. The lowest BCUT2D eigenvalue weighted by molar-refractivity contribution is 0.102. The second kappa shape index (κ2) is 7.02. The van der Waals surface area contributed by atoms with Crippen LogP contribution in [0.5, 0.6) is 0 Å². The molecule has 0 fully saturated rings. The Balaban J connectivity index is 1.57. The number of rotatable bonds is 4. The number of nitrogens with zero attached hydrogens (tertiary/aromatic N) is 2. The third kappa shape index (κ3) is 3.32. The van der Waals surface area contributed by atoms with Gasteiger partial charge in [-0.2, -0.15) is 0 Å². The quantitative estimate of drug-likeness (QED) is 0.556. The molecule has 0 unspecified atom stereocenters. The Morgan fingerprint density at radius 3 is 2.58 bits per heavy atom. The second-order valence-corrected chi connectivity index (χ2v) is 6.40. The van der Waals surface area contributed by atoms with Gasteiger partial charge in [-0.05, 0) is 35.9 Å². The zero-order chi connectivity index (χ0) is 17.9. The fourth-order valence-corrected chi connectivity index (χ4v) is 3.11. The number of halogens is 1. The Morgan fingerprint density at radius 2 is 1.77 bits per heavy atom. The molecule has 0 bridgehead atoms. The van der Waals surface area contributed by atoms with Gasteiger partial charge in [0.25, 0.3) is 5.91 Å². The van der Waals surface area contributed by atoms with Crippen molar-refractivity contribution >= 4 is 34.2 Å². The third-order valence-electron chi connectivity index (χ3n) is 4.19. The van der Waals surface area contributed by atoms with Crippen LogP contribution >= 0.6 is 11.6 Å². The first-order valence-corrected chi connectivity index (χ1v) is 8.63. The molecular formula is C21H16ClN3O. The topological polar surface area (TPSA) is 46.9 Å². The summed E-state index contributed by atoms with van der Waals surface area (Å²) in [6.45, 7) is 0.753. The number of aromatic nitrogens is 2. The predicted octanol–water partition coefficient (Wildman–Crippen LogP) is 4.99. The summed E-state index contributed by atoms with van der Waals surface area (Å²) in [4.78, 5) is 16.9. The Morgan fingerprint density at radius 1 is 1.00 bits per heavy atom. The molecule has 0 radical (unpaired) electrons. The third-order valence-corrected chi connectivity index (χ3v) is 4.52. The molecule has 1 aromatic heterocycles. The molecule has 0 aliphatic heterocycles. The van der Waals surface area contributed by atoms with Crippen LogP contribution in [0.15, 0.2) is 79.1 Å². The van der Waals surface area contributed by atoms with E-state index in [1.54, 1.807) is 24.3 Å². The summed E-state index contributed by atoms with van der Waals surface area (Å²) < 4.78 is 2.09. The molecule has 0 spiro atoms. The van der Waals surface area contributed by atoms with Gasteiger partial charge in [-0.1, -0.05) is 54.1 Å². The molecule has 0 aliphatic carbocycles. The summed E-state index contributed by atoms with van der Waals surface area (Å²) in [5, 5.41) is 3.31. The Labute approximate surface area is 156 Å². The molecule has 0 aliphatic rings. The van der Waals surface area contributed by atoms with Gasteiger partial charge in [0.1, 0.15) is 0 Å². The number of nitrogens with one attached hydrogen (secondary N) is 1. The van der Waals surface area contributed by atoms with Gasteiger partial charge in [0.15, 0.2) is 0 Å². The van der Waals surface area contributed by atoms with Crippen LogP contribution in [0.4, 0.5) is 5.69 Å². The average molecular weight is 362 g/mol. The van der Waals surface area contributed by atoms with Gasteiger partial charge in [0, 0.05) is 12.2 Å². The van der Waals surface area contributed by atoms with Gasteiger partial charge in [-0.3, -0.25) is 4.79 Å². The molecule has 0 saturated carbocycles. The molecule has 4 nitrogen and oxygen atoms in total. The normalized spacial score (nSPS) is 10.8. The van der Waals surface area contributed by atoms with Crippen LogP contribution in [0.3, 0.4) is 0 Å². The van der Waals surface area contributed by atoms with Crippen molar-refractivity contribution in [3.8, 4) is 0 Å². The number of carbonyl (C=O) groups is 1. The van der Waals surface area contributed by atoms with Crippen molar-refractivity contribution in [2.75, 3.05) is 5.32 Å². The van der Waals surface area contributed by atoms with E-state index in [0.717, 1.165) is 17.6 Å². The van der Waals surface area contributed by atoms with Crippen molar-refractivity contribution in [2.45, 2.75) is 6.54 Å². The monoisotopic (exact) mass is 361 g/mol. The fourth-order valence-electron chi connectivity index (χ4n) is 2.89. The highest BCUT2D eigenvalue weighted by molar-refractivity contribution is 6.34. The molecule has 4 rings (SSSR count). The van der Waals surface area contributed by atoms with Crippen LogP contribution in [0.1, 0.15) is 15.9 Å². The Kier molecular flexibility index (Phi) is 4.42. The van der Waals surface area contributed by atoms with Gasteiger partial charge in [0.2, 0.25) is 0 Å². The highest BCUT2D eigenvalue weighted by Gasteiger charge is 2.11. The minimum atomic E-state index is -0.237. The molecule has 128 valence electrons. The zero-order valence-electron chi connectivity index (χ0n) is 13.9. The standard InChI is InChI=1S/C21H16ClN3O/c22-18-9-5-4-8-17(18)21(26)24-16-10-11-20-19(12-16)23-14-25(20)13-15-6-2-1-3-7-15/h1-12,14H,13H2,(H,24,26). The van der Waals surface area contributed by atoms with Gasteiger partial charge in [-0.25, -0.2) is 4.98 Å². The number of benzene rings is 3. The predicted molar refractivity (Wildman–Crippen MR) is 105 cm³/mol. The molecule has 0 saturated heterocycles. The number of carbonyl (C=O) groups excluding carboxylic acids is 1. The molecule has 26 heavy (non-hydrogen) atoms. The minimum Gasteiger partial charge on any atom is -0.326 e. The number of amides is 1. The molecule has 3 aromatic carbocycles. The molecule has 1 amide bonds. The van der Waals surface area contributed by atoms with E-state index < -0.39 is 0 Å². The number of fused-ring (bicyclic) bond motifs is 1. The largest absolute Gasteiger partial charge is 0.326 e. The summed E-state index contributed by atoms with van der Waals surface area (Å²) in [6.07, 6.45) is 1.82. The van der Waals surface area contributed by atoms with E-state index in [2.05, 4.69) is 27.0 Å². The average Bonchev–Trinajstić information content (AvgIpc) is 3.05. The first kappa shape index (κ1) is 16.4. The van der Waals surface area contributed by atoms with Gasteiger partial charge in [0.05, 0.1) is 27.9 Å². The minimum absolute atomic E-state index is 0.237. The summed E-state index contributed by atoms with van der Waals surface area (Å²) in [7, 11) is 0. The summed E-state index contributed by atoms with van der Waals surface area (Å²) in [5.74, 6) is -0.237. The van der Waals surface area contributed by atoms with Crippen LogP contribution in [-0.4, -0.2) is 15.5 Å². The van der Waals surface area contributed by atoms with Crippen LogP contribution in [0, 0.1) is 0 Å². The van der Waals surface area contributed by atoms with E-state index in [9.17, 15) is 4.79 Å². The van der Waals surface area contributed by atoms with Crippen LogP contribution in [-0.2, 0) is 6.54 Å². The molecule has 0 atom stereocenters. The highest BCUT2D eigenvalue weighted by Crippen LogP contribution is 2.21. The lowest BCUT2D eigenvalue weighted by Crippen LogP contribution is -2.12. The van der Waals surface area contributed by atoms with E-state index in [1.165, 1.54) is 5.56 Å². The van der Waals surface area contributed by atoms with E-state index in [4.69, 9.17) is 11.6 Å². The lowest BCUT2D eigenvalue weighted by atomic mass is 10.2. The summed E-state index contributed by atoms with van der Waals surface area (Å²) >= 11 is 6.08. The van der Waals surface area contributed by atoms with E-state index >= 15 is 0 Å². The van der Waals surface area contributed by atoms with Crippen molar-refractivity contribution in [3.05, 3.63) is 95.3 Å². The van der Waals surface area contributed by atoms with Crippen molar-refractivity contribution in [2.24, 2.45) is 0 Å². The van der Waals surface area contributed by atoms with E-state index in [1.807, 2.05) is 42.7 Å². The fraction of sp³-hybridized carbons (Fsp3) is 0.0476.